The Balaban J connectivity index is 1.73. The van der Waals surface area contributed by atoms with Crippen LogP contribution in [-0.2, 0) is 6.54 Å². The number of amides is 1. The molecule has 2 aromatic rings. The summed E-state index contributed by atoms with van der Waals surface area (Å²) in [7, 11) is 0. The van der Waals surface area contributed by atoms with Crippen LogP contribution >= 0.6 is 0 Å². The zero-order chi connectivity index (χ0) is 14.4. The molecule has 1 aromatic heterocycles. The quantitative estimate of drug-likeness (QED) is 0.823. The van der Waals surface area contributed by atoms with E-state index in [4.69, 9.17) is 0 Å². The second-order valence-corrected chi connectivity index (χ2v) is 4.75. The van der Waals surface area contributed by atoms with Gasteiger partial charge in [0, 0.05) is 25.5 Å². The number of hydrogen-bond donors (Lipinski definition) is 1. The van der Waals surface area contributed by atoms with E-state index in [2.05, 4.69) is 10.3 Å². The van der Waals surface area contributed by atoms with E-state index >= 15 is 0 Å². The summed E-state index contributed by atoms with van der Waals surface area (Å²) in [5.74, 6) is -0.833. The van der Waals surface area contributed by atoms with E-state index in [-0.39, 0.29) is 11.5 Å². The second kappa shape index (κ2) is 6.84. The van der Waals surface area contributed by atoms with Crippen molar-refractivity contribution in [3.05, 3.63) is 53.9 Å². The highest BCUT2D eigenvalue weighted by atomic mass is 19.1. The van der Waals surface area contributed by atoms with Gasteiger partial charge in [-0.15, -0.1) is 0 Å². The van der Waals surface area contributed by atoms with E-state index < -0.39 is 5.82 Å². The number of hydrogen-bond acceptors (Lipinski definition) is 2. The molecule has 0 fully saturated rings. The lowest BCUT2D eigenvalue weighted by atomic mass is 10.1. The van der Waals surface area contributed by atoms with E-state index in [1.165, 1.54) is 6.07 Å². The number of nitrogens with zero attached hydrogens (tertiary/aromatic N) is 2. The van der Waals surface area contributed by atoms with Crippen molar-refractivity contribution in [3.8, 4) is 0 Å². The van der Waals surface area contributed by atoms with E-state index in [1.54, 1.807) is 24.7 Å². The molecule has 1 N–H and O–H groups in total. The van der Waals surface area contributed by atoms with Gasteiger partial charge in [0.15, 0.2) is 0 Å². The summed E-state index contributed by atoms with van der Waals surface area (Å²) < 4.78 is 15.5. The van der Waals surface area contributed by atoms with Crippen LogP contribution in [0.4, 0.5) is 4.39 Å². The first-order valence-corrected chi connectivity index (χ1v) is 6.67. The SMILES string of the molecule is Cc1ccc(F)c(C(=O)NCCCCn2ccnc2)c1. The van der Waals surface area contributed by atoms with Crippen LogP contribution < -0.4 is 5.32 Å². The normalized spacial score (nSPS) is 10.5. The molecule has 0 aliphatic rings. The summed E-state index contributed by atoms with van der Waals surface area (Å²) in [6.45, 7) is 3.25. The number of carbonyl (C=O) groups excluding carboxylic acids is 1. The third-order valence-corrected chi connectivity index (χ3v) is 3.05. The highest BCUT2D eigenvalue weighted by molar-refractivity contribution is 5.94. The molecule has 1 heterocycles. The van der Waals surface area contributed by atoms with E-state index in [9.17, 15) is 9.18 Å². The lowest BCUT2D eigenvalue weighted by Crippen LogP contribution is -2.25. The van der Waals surface area contributed by atoms with Gasteiger partial charge < -0.3 is 9.88 Å². The average molecular weight is 275 g/mol. The maximum atomic E-state index is 13.5. The standard InChI is InChI=1S/C15H18FN3O/c1-12-4-5-14(16)13(10-12)15(20)18-6-2-3-8-19-9-7-17-11-19/h4-5,7,9-11H,2-3,6,8H2,1H3,(H,18,20). The summed E-state index contributed by atoms with van der Waals surface area (Å²) in [5, 5.41) is 2.74. The molecule has 4 nitrogen and oxygen atoms in total. The van der Waals surface area contributed by atoms with Gasteiger partial charge in [0.05, 0.1) is 11.9 Å². The van der Waals surface area contributed by atoms with Gasteiger partial charge in [-0.05, 0) is 31.9 Å². The van der Waals surface area contributed by atoms with Crippen LogP contribution in [0.15, 0.2) is 36.9 Å². The van der Waals surface area contributed by atoms with Crippen LogP contribution in [0.2, 0.25) is 0 Å². The molecule has 0 aliphatic carbocycles. The number of imidazole rings is 1. The van der Waals surface area contributed by atoms with E-state index in [0.717, 1.165) is 24.9 Å². The molecule has 0 saturated heterocycles. The molecule has 0 radical (unpaired) electrons. The molecule has 0 spiro atoms. The summed E-state index contributed by atoms with van der Waals surface area (Å²) >= 11 is 0. The maximum Gasteiger partial charge on any atom is 0.254 e. The predicted molar refractivity (Wildman–Crippen MR) is 74.9 cm³/mol. The lowest BCUT2D eigenvalue weighted by molar-refractivity contribution is 0.0948. The zero-order valence-corrected chi connectivity index (χ0v) is 11.5. The fraction of sp³-hybridized carbons (Fsp3) is 0.333. The van der Waals surface area contributed by atoms with Crippen LogP contribution in [0.25, 0.3) is 0 Å². The predicted octanol–water partition coefficient (Wildman–Crippen LogP) is 2.54. The van der Waals surface area contributed by atoms with Crippen molar-refractivity contribution in [3.63, 3.8) is 0 Å². The molecule has 0 bridgehead atoms. The van der Waals surface area contributed by atoms with Crippen LogP contribution in [0, 0.1) is 12.7 Å². The smallest absolute Gasteiger partial charge is 0.254 e. The zero-order valence-electron chi connectivity index (χ0n) is 11.5. The molecule has 0 atom stereocenters. The van der Waals surface area contributed by atoms with Crippen LogP contribution in [-0.4, -0.2) is 22.0 Å². The Hall–Kier alpha value is -2.17. The number of halogens is 1. The Morgan fingerprint density at radius 3 is 3.00 bits per heavy atom. The fourth-order valence-electron chi connectivity index (χ4n) is 1.95. The Labute approximate surface area is 117 Å². The van der Waals surface area contributed by atoms with Gasteiger partial charge in [0.25, 0.3) is 5.91 Å². The number of nitrogens with one attached hydrogen (secondary N) is 1. The topological polar surface area (TPSA) is 46.9 Å². The molecule has 2 rings (SSSR count). The molecule has 0 saturated carbocycles. The molecule has 1 amide bonds. The summed E-state index contributed by atoms with van der Waals surface area (Å²) in [5.41, 5.74) is 0.983. The largest absolute Gasteiger partial charge is 0.352 e. The number of rotatable bonds is 6. The number of aromatic nitrogens is 2. The third-order valence-electron chi connectivity index (χ3n) is 3.05. The maximum absolute atomic E-state index is 13.5. The van der Waals surface area contributed by atoms with Crippen molar-refractivity contribution < 1.29 is 9.18 Å². The lowest BCUT2D eigenvalue weighted by Gasteiger charge is -2.07. The van der Waals surface area contributed by atoms with E-state index in [1.807, 2.05) is 17.7 Å². The fourth-order valence-corrected chi connectivity index (χ4v) is 1.95. The Kier molecular flexibility index (Phi) is 4.87. The number of benzene rings is 1. The number of aryl methyl sites for hydroxylation is 2. The Bertz CT molecular complexity index is 567. The van der Waals surface area contributed by atoms with Crippen LogP contribution in [0.5, 0.6) is 0 Å². The first-order chi connectivity index (χ1) is 9.66. The second-order valence-electron chi connectivity index (χ2n) is 4.75. The molecule has 0 unspecified atom stereocenters. The van der Waals surface area contributed by atoms with Gasteiger partial charge in [-0.2, -0.15) is 0 Å². The molecule has 106 valence electrons. The van der Waals surface area contributed by atoms with Crippen molar-refractivity contribution in [1.82, 2.24) is 14.9 Å². The third kappa shape index (κ3) is 3.91. The van der Waals surface area contributed by atoms with Gasteiger partial charge in [-0.1, -0.05) is 11.6 Å². The van der Waals surface area contributed by atoms with Crippen molar-refractivity contribution in [1.29, 1.82) is 0 Å². The molecule has 0 aliphatic heterocycles. The monoisotopic (exact) mass is 275 g/mol. The Morgan fingerprint density at radius 2 is 2.25 bits per heavy atom. The first kappa shape index (κ1) is 14.2. The minimum Gasteiger partial charge on any atom is -0.352 e. The van der Waals surface area contributed by atoms with E-state index in [0.29, 0.717) is 6.54 Å². The molecular weight excluding hydrogens is 257 g/mol. The Morgan fingerprint density at radius 1 is 1.40 bits per heavy atom. The first-order valence-electron chi connectivity index (χ1n) is 6.67. The van der Waals surface area contributed by atoms with Crippen LogP contribution in [0.1, 0.15) is 28.8 Å². The molecule has 5 heteroatoms. The summed E-state index contributed by atoms with van der Waals surface area (Å²) in [6.07, 6.45) is 7.19. The number of carbonyl (C=O) groups is 1. The van der Waals surface area contributed by atoms with Crippen LogP contribution in [0.3, 0.4) is 0 Å². The van der Waals surface area contributed by atoms with Gasteiger partial charge in [0.2, 0.25) is 0 Å². The van der Waals surface area contributed by atoms with Gasteiger partial charge in [-0.25, -0.2) is 9.37 Å². The summed E-state index contributed by atoms with van der Waals surface area (Å²) in [6, 6.07) is 4.54. The average Bonchev–Trinajstić information content (AvgIpc) is 2.94. The van der Waals surface area contributed by atoms with Crippen molar-refractivity contribution in [2.75, 3.05) is 6.54 Å². The van der Waals surface area contributed by atoms with Gasteiger partial charge in [-0.3, -0.25) is 4.79 Å². The minimum absolute atomic E-state index is 0.111. The van der Waals surface area contributed by atoms with Crippen molar-refractivity contribution in [2.24, 2.45) is 0 Å². The van der Waals surface area contributed by atoms with Gasteiger partial charge >= 0.3 is 0 Å². The number of unbranched alkanes of at least 4 members (excludes halogenated alkanes) is 1. The molecule has 20 heavy (non-hydrogen) atoms. The minimum atomic E-state index is -0.480. The molecular formula is C15H18FN3O. The van der Waals surface area contributed by atoms with Gasteiger partial charge in [0.1, 0.15) is 5.82 Å². The van der Waals surface area contributed by atoms with Crippen molar-refractivity contribution in [2.45, 2.75) is 26.3 Å². The highest BCUT2D eigenvalue weighted by Crippen LogP contribution is 2.09. The molecule has 1 aromatic carbocycles. The van der Waals surface area contributed by atoms with Crippen molar-refractivity contribution >= 4 is 5.91 Å². The summed E-state index contributed by atoms with van der Waals surface area (Å²) in [4.78, 5) is 15.8. The highest BCUT2D eigenvalue weighted by Gasteiger charge is 2.10.